The van der Waals surface area contributed by atoms with Crippen molar-refractivity contribution in [2.24, 2.45) is 0 Å². The van der Waals surface area contributed by atoms with Crippen LogP contribution in [0.5, 0.6) is 0 Å². The van der Waals surface area contributed by atoms with Gasteiger partial charge in [0.25, 0.3) is 0 Å². The largest absolute Gasteiger partial charge is 0.392 e. The number of allylic oxidation sites excluding steroid dienone is 1. The maximum atomic E-state index is 9.16. The number of hydrogen-bond donors (Lipinski definition) is 1. The second-order valence-electron chi connectivity index (χ2n) is 3.50. The van der Waals surface area contributed by atoms with Crippen LogP contribution in [0.3, 0.4) is 0 Å². The van der Waals surface area contributed by atoms with Crippen LogP contribution >= 0.6 is 0 Å². The molecule has 0 saturated carbocycles. The van der Waals surface area contributed by atoms with Gasteiger partial charge in [-0.3, -0.25) is 0 Å². The number of aliphatic hydroxyl groups is 1. The number of rotatable bonds is 6. The second-order valence-corrected chi connectivity index (χ2v) is 3.50. The lowest BCUT2D eigenvalue weighted by atomic mass is 10.2. The number of aromatic nitrogens is 1. The SMILES string of the molecule is C=CCCCN(C)c1ncccc1CO. The van der Waals surface area contributed by atoms with Crippen molar-refractivity contribution in [2.45, 2.75) is 19.4 Å². The Balaban J connectivity index is 2.63. The van der Waals surface area contributed by atoms with E-state index in [9.17, 15) is 0 Å². The average Bonchev–Trinajstić information content (AvgIpc) is 2.29. The first-order valence-corrected chi connectivity index (χ1v) is 5.16. The molecule has 1 heterocycles. The van der Waals surface area contributed by atoms with E-state index in [4.69, 9.17) is 5.11 Å². The van der Waals surface area contributed by atoms with Gasteiger partial charge in [-0.1, -0.05) is 12.1 Å². The molecular formula is C12H18N2O. The van der Waals surface area contributed by atoms with E-state index >= 15 is 0 Å². The quantitative estimate of drug-likeness (QED) is 0.571. The van der Waals surface area contributed by atoms with Crippen molar-refractivity contribution in [3.05, 3.63) is 36.5 Å². The molecule has 0 aliphatic carbocycles. The zero-order valence-electron chi connectivity index (χ0n) is 9.19. The van der Waals surface area contributed by atoms with Crippen LogP contribution in [-0.2, 0) is 6.61 Å². The molecule has 1 aromatic heterocycles. The van der Waals surface area contributed by atoms with Crippen LogP contribution in [0.15, 0.2) is 31.0 Å². The van der Waals surface area contributed by atoms with Gasteiger partial charge in [-0.15, -0.1) is 6.58 Å². The second kappa shape index (κ2) is 6.19. The van der Waals surface area contributed by atoms with Crippen molar-refractivity contribution >= 4 is 5.82 Å². The number of anilines is 1. The van der Waals surface area contributed by atoms with Gasteiger partial charge < -0.3 is 10.0 Å². The van der Waals surface area contributed by atoms with Crippen molar-refractivity contribution in [3.63, 3.8) is 0 Å². The molecule has 15 heavy (non-hydrogen) atoms. The van der Waals surface area contributed by atoms with Gasteiger partial charge in [0.2, 0.25) is 0 Å². The van der Waals surface area contributed by atoms with Crippen molar-refractivity contribution in [2.75, 3.05) is 18.5 Å². The first-order chi connectivity index (χ1) is 7.29. The lowest BCUT2D eigenvalue weighted by Gasteiger charge is -2.19. The van der Waals surface area contributed by atoms with Crippen molar-refractivity contribution in [1.29, 1.82) is 0 Å². The summed E-state index contributed by atoms with van der Waals surface area (Å²) >= 11 is 0. The number of nitrogens with zero attached hydrogens (tertiary/aromatic N) is 2. The normalized spacial score (nSPS) is 10.0. The first-order valence-electron chi connectivity index (χ1n) is 5.16. The minimum Gasteiger partial charge on any atom is -0.392 e. The Bertz CT molecular complexity index is 312. The van der Waals surface area contributed by atoms with Gasteiger partial charge in [0, 0.05) is 25.4 Å². The molecule has 0 unspecified atom stereocenters. The predicted molar refractivity (Wildman–Crippen MR) is 62.9 cm³/mol. The Hall–Kier alpha value is -1.35. The summed E-state index contributed by atoms with van der Waals surface area (Å²) in [5.74, 6) is 0.865. The van der Waals surface area contributed by atoms with Crippen LogP contribution in [-0.4, -0.2) is 23.7 Å². The summed E-state index contributed by atoms with van der Waals surface area (Å²) in [5.41, 5.74) is 0.874. The van der Waals surface area contributed by atoms with E-state index < -0.39 is 0 Å². The fourth-order valence-corrected chi connectivity index (χ4v) is 1.48. The van der Waals surface area contributed by atoms with Gasteiger partial charge in [-0.2, -0.15) is 0 Å². The molecule has 0 saturated heterocycles. The van der Waals surface area contributed by atoms with Crippen LogP contribution in [0.1, 0.15) is 18.4 Å². The predicted octanol–water partition coefficient (Wildman–Crippen LogP) is 1.98. The van der Waals surface area contributed by atoms with E-state index in [0.717, 1.165) is 30.8 Å². The smallest absolute Gasteiger partial charge is 0.133 e. The molecule has 1 N–H and O–H groups in total. The van der Waals surface area contributed by atoms with E-state index in [1.165, 1.54) is 0 Å². The molecule has 3 heteroatoms. The summed E-state index contributed by atoms with van der Waals surface area (Å²) in [7, 11) is 1.99. The molecule has 0 amide bonds. The van der Waals surface area contributed by atoms with Gasteiger partial charge in [-0.25, -0.2) is 4.98 Å². The molecule has 0 radical (unpaired) electrons. The number of aliphatic hydroxyl groups excluding tert-OH is 1. The highest BCUT2D eigenvalue weighted by molar-refractivity contribution is 5.45. The van der Waals surface area contributed by atoms with Crippen LogP contribution < -0.4 is 4.90 Å². The number of pyridine rings is 1. The fraction of sp³-hybridized carbons (Fsp3) is 0.417. The molecule has 1 rings (SSSR count). The summed E-state index contributed by atoms with van der Waals surface area (Å²) in [6.07, 6.45) is 5.73. The third kappa shape index (κ3) is 3.36. The molecule has 82 valence electrons. The zero-order chi connectivity index (χ0) is 11.1. The summed E-state index contributed by atoms with van der Waals surface area (Å²) in [5, 5.41) is 9.16. The van der Waals surface area contributed by atoms with Crippen molar-refractivity contribution in [1.82, 2.24) is 4.98 Å². The van der Waals surface area contributed by atoms with E-state index in [2.05, 4.69) is 16.5 Å². The topological polar surface area (TPSA) is 36.4 Å². The third-order valence-corrected chi connectivity index (χ3v) is 2.30. The van der Waals surface area contributed by atoms with Crippen molar-refractivity contribution < 1.29 is 5.11 Å². The Morgan fingerprint density at radius 2 is 2.40 bits per heavy atom. The van der Waals surface area contributed by atoms with E-state index in [0.29, 0.717) is 0 Å². The molecule has 0 spiro atoms. The van der Waals surface area contributed by atoms with E-state index in [1.54, 1.807) is 6.20 Å². The van der Waals surface area contributed by atoms with Gasteiger partial charge >= 0.3 is 0 Å². The van der Waals surface area contributed by atoms with Crippen LogP contribution in [0.2, 0.25) is 0 Å². The highest BCUT2D eigenvalue weighted by Gasteiger charge is 2.06. The summed E-state index contributed by atoms with van der Waals surface area (Å²) in [6, 6.07) is 3.74. The monoisotopic (exact) mass is 206 g/mol. The molecule has 0 bridgehead atoms. The molecule has 0 aliphatic rings. The Kier molecular flexibility index (Phi) is 4.84. The zero-order valence-corrected chi connectivity index (χ0v) is 9.19. The molecular weight excluding hydrogens is 188 g/mol. The Labute approximate surface area is 91.1 Å². The minimum absolute atomic E-state index is 0.0367. The molecule has 0 atom stereocenters. The Morgan fingerprint density at radius 1 is 1.60 bits per heavy atom. The summed E-state index contributed by atoms with van der Waals surface area (Å²) in [6.45, 7) is 4.65. The van der Waals surface area contributed by atoms with Crippen LogP contribution in [0, 0.1) is 0 Å². The molecule has 0 aromatic carbocycles. The molecule has 0 aliphatic heterocycles. The lowest BCUT2D eigenvalue weighted by molar-refractivity contribution is 0.281. The van der Waals surface area contributed by atoms with E-state index in [-0.39, 0.29) is 6.61 Å². The number of hydrogen-bond acceptors (Lipinski definition) is 3. The highest BCUT2D eigenvalue weighted by Crippen LogP contribution is 2.15. The maximum absolute atomic E-state index is 9.16. The minimum atomic E-state index is 0.0367. The van der Waals surface area contributed by atoms with Gasteiger partial charge in [0.05, 0.1) is 6.61 Å². The van der Waals surface area contributed by atoms with Crippen LogP contribution in [0.25, 0.3) is 0 Å². The van der Waals surface area contributed by atoms with Gasteiger partial charge in [0.15, 0.2) is 0 Å². The Morgan fingerprint density at radius 3 is 3.07 bits per heavy atom. The summed E-state index contributed by atoms with van der Waals surface area (Å²) in [4.78, 5) is 6.33. The van der Waals surface area contributed by atoms with E-state index in [1.807, 2.05) is 25.3 Å². The molecule has 1 aromatic rings. The first kappa shape index (κ1) is 11.7. The fourth-order valence-electron chi connectivity index (χ4n) is 1.48. The highest BCUT2D eigenvalue weighted by atomic mass is 16.3. The third-order valence-electron chi connectivity index (χ3n) is 2.30. The van der Waals surface area contributed by atoms with Crippen molar-refractivity contribution in [3.8, 4) is 0 Å². The average molecular weight is 206 g/mol. The van der Waals surface area contributed by atoms with Gasteiger partial charge in [0.1, 0.15) is 5.82 Å². The standard InChI is InChI=1S/C12H18N2O/c1-3-4-5-9-14(2)12-11(10-15)7-6-8-13-12/h3,6-8,15H,1,4-5,9-10H2,2H3. The molecule has 0 fully saturated rings. The van der Waals surface area contributed by atoms with Gasteiger partial charge in [-0.05, 0) is 18.9 Å². The lowest BCUT2D eigenvalue weighted by Crippen LogP contribution is -2.21. The maximum Gasteiger partial charge on any atom is 0.133 e. The summed E-state index contributed by atoms with van der Waals surface area (Å²) < 4.78 is 0. The van der Waals surface area contributed by atoms with Crippen LogP contribution in [0.4, 0.5) is 5.82 Å². The number of unbranched alkanes of at least 4 members (excludes halogenated alkanes) is 1. The molecule has 3 nitrogen and oxygen atoms in total.